The number of phenolic OH excluding ortho intramolecular Hbond substituents is 1. The van der Waals surface area contributed by atoms with E-state index in [9.17, 15) is 15.0 Å². The number of aliphatic hydroxyl groups is 1. The molecule has 2 bridgehead atoms. The van der Waals surface area contributed by atoms with Gasteiger partial charge in [0, 0.05) is 18.2 Å². The van der Waals surface area contributed by atoms with E-state index < -0.39 is 17.1 Å². The molecule has 0 aromatic heterocycles. The lowest BCUT2D eigenvalue weighted by Crippen LogP contribution is -2.78. The van der Waals surface area contributed by atoms with Crippen LogP contribution in [0, 0.1) is 12.8 Å². The number of nitrogens with one attached hydrogen (secondary N) is 1. The molecule has 0 radical (unpaired) electrons. The number of rotatable bonds is 7. The molecule has 6 nitrogen and oxygen atoms in total. The van der Waals surface area contributed by atoms with E-state index in [1.165, 1.54) is 18.4 Å². The van der Waals surface area contributed by atoms with Gasteiger partial charge in [-0.15, -0.1) is 0 Å². The van der Waals surface area contributed by atoms with Crippen LogP contribution in [0.4, 0.5) is 0 Å². The second-order valence-corrected chi connectivity index (χ2v) is 12.6. The van der Waals surface area contributed by atoms with Crippen molar-refractivity contribution < 1.29 is 19.7 Å². The Morgan fingerprint density at radius 3 is 2.76 bits per heavy atom. The molecule has 1 amide bonds. The van der Waals surface area contributed by atoms with Gasteiger partial charge in [0.1, 0.15) is 6.10 Å². The molecule has 6 heteroatoms. The molecule has 2 saturated carbocycles. The van der Waals surface area contributed by atoms with Gasteiger partial charge in [0.05, 0.1) is 23.0 Å². The zero-order valence-corrected chi connectivity index (χ0v) is 22.6. The highest BCUT2D eigenvalue weighted by Gasteiger charge is 2.73. The second kappa shape index (κ2) is 8.72. The van der Waals surface area contributed by atoms with E-state index in [1.54, 1.807) is 6.07 Å². The fraction of sp³-hybridized carbons (Fsp3) is 0.594. The van der Waals surface area contributed by atoms with Crippen LogP contribution in [0.25, 0.3) is 0 Å². The highest BCUT2D eigenvalue weighted by molar-refractivity contribution is 5.84. The minimum absolute atomic E-state index is 0.0375. The summed E-state index contributed by atoms with van der Waals surface area (Å²) in [6.45, 7) is 6.17. The molecule has 2 heterocycles. The number of aromatic hydroxyl groups is 1. The van der Waals surface area contributed by atoms with Gasteiger partial charge in [-0.25, -0.2) is 0 Å². The smallest absolute Gasteiger partial charge is 0.227 e. The van der Waals surface area contributed by atoms with E-state index in [2.05, 4.69) is 36.2 Å². The largest absolute Gasteiger partial charge is 0.504 e. The summed E-state index contributed by atoms with van der Waals surface area (Å²) in [7, 11) is 0. The first-order chi connectivity index (χ1) is 18.4. The van der Waals surface area contributed by atoms with Crippen molar-refractivity contribution in [2.75, 3.05) is 13.1 Å². The van der Waals surface area contributed by atoms with Crippen molar-refractivity contribution >= 4 is 5.91 Å². The summed E-state index contributed by atoms with van der Waals surface area (Å²) >= 11 is 0. The first-order valence-corrected chi connectivity index (χ1v) is 14.7. The van der Waals surface area contributed by atoms with Crippen LogP contribution in [0.2, 0.25) is 0 Å². The molecule has 6 atom stereocenters. The van der Waals surface area contributed by atoms with Crippen molar-refractivity contribution in [2.24, 2.45) is 5.92 Å². The van der Waals surface area contributed by atoms with Crippen LogP contribution >= 0.6 is 0 Å². The number of piperidine rings is 1. The Morgan fingerprint density at radius 2 is 2.00 bits per heavy atom. The number of hydrogen-bond acceptors (Lipinski definition) is 5. The average Bonchev–Trinajstić information content (AvgIpc) is 3.64. The summed E-state index contributed by atoms with van der Waals surface area (Å²) in [4.78, 5) is 16.4. The number of aryl methyl sites for hydroxylation is 1. The molecule has 3 fully saturated rings. The number of nitrogens with zero attached hydrogens (tertiary/aromatic N) is 1. The lowest BCUT2D eigenvalue weighted by atomic mass is 9.48. The first-order valence-electron chi connectivity index (χ1n) is 14.7. The zero-order chi connectivity index (χ0) is 26.2. The first kappa shape index (κ1) is 24.5. The van der Waals surface area contributed by atoms with Gasteiger partial charge in [-0.3, -0.25) is 9.69 Å². The molecule has 5 aliphatic rings. The van der Waals surface area contributed by atoms with Crippen LogP contribution in [0.5, 0.6) is 11.5 Å². The normalized spacial score (nSPS) is 33.8. The highest BCUT2D eigenvalue weighted by Crippen LogP contribution is 2.65. The topological polar surface area (TPSA) is 82.0 Å². The summed E-state index contributed by atoms with van der Waals surface area (Å²) in [6, 6.07) is 11.8. The number of amides is 1. The summed E-state index contributed by atoms with van der Waals surface area (Å²) in [5.74, 6) is 1.25. The Labute approximate surface area is 225 Å². The van der Waals surface area contributed by atoms with Crippen molar-refractivity contribution in [1.29, 1.82) is 0 Å². The van der Waals surface area contributed by atoms with Gasteiger partial charge in [-0.05, 0) is 87.1 Å². The van der Waals surface area contributed by atoms with Crippen LogP contribution in [-0.4, -0.2) is 57.9 Å². The van der Waals surface area contributed by atoms with Crippen LogP contribution in [0.15, 0.2) is 36.4 Å². The molecule has 3 N–H and O–H groups in total. The highest BCUT2D eigenvalue weighted by atomic mass is 16.5. The van der Waals surface area contributed by atoms with E-state index in [1.807, 2.05) is 18.2 Å². The molecular formula is C32H40N2O4. The fourth-order valence-electron chi connectivity index (χ4n) is 8.61. The molecule has 7 rings (SSSR count). The minimum Gasteiger partial charge on any atom is -0.504 e. The summed E-state index contributed by atoms with van der Waals surface area (Å²) in [5, 5.41) is 26.9. The molecular weight excluding hydrogens is 476 g/mol. The van der Waals surface area contributed by atoms with Crippen molar-refractivity contribution in [3.63, 3.8) is 0 Å². The summed E-state index contributed by atoms with van der Waals surface area (Å²) in [6.07, 6.45) is 6.75. The molecule has 38 heavy (non-hydrogen) atoms. The molecule has 2 aromatic carbocycles. The van der Waals surface area contributed by atoms with Crippen LogP contribution in [0.1, 0.15) is 80.0 Å². The number of carbonyl (C=O) groups excluding carboxylic acids is 1. The number of likely N-dealkylation sites (tertiary alicyclic amines) is 1. The number of hydrogen-bond donors (Lipinski definition) is 3. The van der Waals surface area contributed by atoms with E-state index in [-0.39, 0.29) is 29.7 Å². The average molecular weight is 517 g/mol. The van der Waals surface area contributed by atoms with Crippen LogP contribution in [-0.2, 0) is 16.6 Å². The van der Waals surface area contributed by atoms with Crippen molar-refractivity contribution in [2.45, 2.75) is 100 Å². The van der Waals surface area contributed by atoms with Crippen molar-refractivity contribution in [3.05, 3.63) is 58.7 Å². The number of benzene rings is 2. The van der Waals surface area contributed by atoms with Gasteiger partial charge < -0.3 is 20.3 Å². The van der Waals surface area contributed by atoms with Gasteiger partial charge in [0.15, 0.2) is 11.5 Å². The lowest BCUT2D eigenvalue weighted by molar-refractivity contribution is -0.192. The standard InChI is InChI=1S/C32H40N2O4/c1-3-6-23(22-8-5-4-7-19(22)2)30(36)33-24-13-14-32(37)26-17-21-11-12-25(35)28-27(21)31(32,29(24)38-28)15-16-34(26)18-20-9-10-20/h4-5,7-8,11-12,20,23-24,26,29,35,37H,3,6,9-10,13-18H2,1-2H3,(H,33,36)/t23?,24-,26+,29-,31-,32+/m0/s1. The Balaban J connectivity index is 1.25. The predicted molar refractivity (Wildman–Crippen MR) is 146 cm³/mol. The predicted octanol–water partition coefficient (Wildman–Crippen LogP) is 4.33. The number of phenols is 1. The Morgan fingerprint density at radius 1 is 1.18 bits per heavy atom. The monoisotopic (exact) mass is 516 g/mol. The molecule has 1 saturated heterocycles. The van der Waals surface area contributed by atoms with Crippen molar-refractivity contribution in [1.82, 2.24) is 10.2 Å². The zero-order valence-electron chi connectivity index (χ0n) is 22.6. The molecule has 2 aromatic rings. The van der Waals surface area contributed by atoms with Crippen molar-refractivity contribution in [3.8, 4) is 11.5 Å². The Kier molecular flexibility index (Phi) is 5.61. The number of ether oxygens (including phenoxy) is 1. The van der Waals surface area contributed by atoms with Crippen LogP contribution < -0.4 is 10.1 Å². The van der Waals surface area contributed by atoms with E-state index in [0.717, 1.165) is 61.4 Å². The summed E-state index contributed by atoms with van der Waals surface area (Å²) < 4.78 is 6.64. The minimum atomic E-state index is -0.934. The SMILES string of the molecule is CCCC(C(=O)N[C@H]1CC[C@@]2(O)[C@H]3Cc4ccc(O)c5c4[C@@]2(CCN3CC2CC2)[C@H]1O5)c1ccccc1C. The van der Waals surface area contributed by atoms with Gasteiger partial charge in [0.2, 0.25) is 5.91 Å². The number of carbonyl (C=O) groups is 1. The summed E-state index contributed by atoms with van der Waals surface area (Å²) in [5.41, 5.74) is 2.87. The fourth-order valence-corrected chi connectivity index (χ4v) is 8.61. The van der Waals surface area contributed by atoms with Gasteiger partial charge in [-0.1, -0.05) is 43.7 Å². The van der Waals surface area contributed by atoms with Crippen LogP contribution in [0.3, 0.4) is 0 Å². The molecule has 1 unspecified atom stereocenters. The van der Waals surface area contributed by atoms with Gasteiger partial charge in [-0.2, -0.15) is 0 Å². The molecule has 1 spiro atoms. The lowest BCUT2D eigenvalue weighted by Gasteiger charge is -2.64. The maximum atomic E-state index is 13.9. The second-order valence-electron chi connectivity index (χ2n) is 12.6. The third-order valence-electron chi connectivity index (χ3n) is 10.5. The molecule has 2 aliphatic heterocycles. The van der Waals surface area contributed by atoms with Gasteiger partial charge >= 0.3 is 0 Å². The van der Waals surface area contributed by atoms with E-state index in [0.29, 0.717) is 18.6 Å². The maximum Gasteiger partial charge on any atom is 0.227 e. The molecule has 3 aliphatic carbocycles. The molecule has 202 valence electrons. The van der Waals surface area contributed by atoms with E-state index in [4.69, 9.17) is 4.74 Å². The van der Waals surface area contributed by atoms with E-state index >= 15 is 0 Å². The maximum absolute atomic E-state index is 13.9. The quantitative estimate of drug-likeness (QED) is 0.510. The Hall–Kier alpha value is -2.57. The third kappa shape index (κ3) is 3.35. The van der Waals surface area contributed by atoms with Gasteiger partial charge in [0.25, 0.3) is 0 Å². The third-order valence-corrected chi connectivity index (χ3v) is 10.5. The Bertz CT molecular complexity index is 1270.